The summed E-state index contributed by atoms with van der Waals surface area (Å²) in [6.45, 7) is 5.92. The molecular weight excluding hydrogens is 288 g/mol. The smallest absolute Gasteiger partial charge is 0.241 e. The summed E-state index contributed by atoms with van der Waals surface area (Å²) in [6, 6.07) is 7.58. The van der Waals surface area contributed by atoms with Crippen LogP contribution >= 0.6 is 23.5 Å². The Bertz CT molecular complexity index is 479. The van der Waals surface area contributed by atoms with E-state index < -0.39 is 6.04 Å². The maximum Gasteiger partial charge on any atom is 0.241 e. The third kappa shape index (κ3) is 3.93. The lowest BCUT2D eigenvalue weighted by atomic mass is 9.87. The molecule has 0 radical (unpaired) electrons. The largest absolute Gasteiger partial charge is 0.325 e. The fourth-order valence-electron chi connectivity index (χ4n) is 1.93. The molecule has 1 heterocycles. The van der Waals surface area contributed by atoms with E-state index in [1.54, 1.807) is 0 Å². The van der Waals surface area contributed by atoms with Crippen LogP contribution in [0.2, 0.25) is 0 Å². The van der Waals surface area contributed by atoms with Gasteiger partial charge in [0.25, 0.3) is 0 Å². The molecule has 20 heavy (non-hydrogen) atoms. The van der Waals surface area contributed by atoms with Gasteiger partial charge in [-0.15, -0.1) is 23.5 Å². The number of amides is 1. The van der Waals surface area contributed by atoms with E-state index in [0.29, 0.717) is 4.58 Å². The van der Waals surface area contributed by atoms with Crippen LogP contribution in [0.1, 0.15) is 30.9 Å². The van der Waals surface area contributed by atoms with Crippen molar-refractivity contribution >= 4 is 35.1 Å². The van der Waals surface area contributed by atoms with E-state index in [4.69, 9.17) is 5.73 Å². The zero-order chi connectivity index (χ0) is 14.8. The highest BCUT2D eigenvalue weighted by molar-refractivity contribution is 8.19. The fraction of sp³-hybridized carbons (Fsp3) is 0.533. The monoisotopic (exact) mass is 310 g/mol. The molecule has 0 spiro atoms. The van der Waals surface area contributed by atoms with Gasteiger partial charge in [-0.1, -0.05) is 32.9 Å². The predicted molar refractivity (Wildman–Crippen MR) is 90.2 cm³/mol. The fourth-order valence-corrected chi connectivity index (χ4v) is 4.77. The van der Waals surface area contributed by atoms with Gasteiger partial charge < -0.3 is 11.1 Å². The number of rotatable bonds is 3. The van der Waals surface area contributed by atoms with Crippen molar-refractivity contribution in [2.24, 2.45) is 11.1 Å². The molecule has 1 saturated heterocycles. The van der Waals surface area contributed by atoms with Crippen LogP contribution in [-0.2, 0) is 4.79 Å². The average Bonchev–Trinajstić information content (AvgIpc) is 2.91. The number of hydrogen-bond donors (Lipinski definition) is 2. The normalized spacial score (nSPS) is 18.0. The molecule has 0 bridgehead atoms. The maximum atomic E-state index is 12.1. The molecule has 110 valence electrons. The average molecular weight is 310 g/mol. The number of hydrogen-bond acceptors (Lipinski definition) is 4. The third-order valence-electron chi connectivity index (χ3n) is 3.26. The first-order valence-electron chi connectivity index (χ1n) is 6.77. The van der Waals surface area contributed by atoms with Gasteiger partial charge in [0.2, 0.25) is 5.91 Å². The first kappa shape index (κ1) is 15.7. The maximum absolute atomic E-state index is 12.1. The molecule has 0 aliphatic carbocycles. The molecule has 0 unspecified atom stereocenters. The summed E-state index contributed by atoms with van der Waals surface area (Å²) < 4.78 is 0.489. The van der Waals surface area contributed by atoms with Crippen LogP contribution in [0.3, 0.4) is 0 Å². The molecule has 1 aromatic rings. The van der Waals surface area contributed by atoms with Gasteiger partial charge in [0.05, 0.1) is 10.6 Å². The summed E-state index contributed by atoms with van der Waals surface area (Å²) in [7, 11) is 0. The lowest BCUT2D eigenvalue weighted by Crippen LogP contribution is -2.45. The number of thioether (sulfide) groups is 2. The second-order valence-corrected chi connectivity index (χ2v) is 8.76. The summed E-state index contributed by atoms with van der Waals surface area (Å²) >= 11 is 3.92. The molecule has 2 rings (SSSR count). The number of nitrogens with two attached hydrogens (primary N) is 1. The summed E-state index contributed by atoms with van der Waals surface area (Å²) in [6.07, 6.45) is 0. The number of carbonyl (C=O) groups excluding carboxylic acids is 1. The van der Waals surface area contributed by atoms with Crippen LogP contribution in [0, 0.1) is 5.41 Å². The minimum Gasteiger partial charge on any atom is -0.325 e. The molecule has 1 atom stereocenters. The van der Waals surface area contributed by atoms with E-state index >= 15 is 0 Å². The van der Waals surface area contributed by atoms with Gasteiger partial charge >= 0.3 is 0 Å². The van der Waals surface area contributed by atoms with E-state index in [1.807, 2.05) is 56.4 Å². The Labute approximate surface area is 129 Å². The molecule has 0 aromatic heterocycles. The van der Waals surface area contributed by atoms with Gasteiger partial charge in [0, 0.05) is 17.2 Å². The highest BCUT2D eigenvalue weighted by atomic mass is 32.2. The standard InChI is InChI=1S/C15H22N2OS2/c1-15(2,3)12(16)13(18)17-11-6-4-5-10(9-11)14-19-7-8-20-14/h4-6,9,12,14H,7-8,16H2,1-3H3,(H,17,18)/t12-/m1/s1. The van der Waals surface area contributed by atoms with Gasteiger partial charge in [-0.3, -0.25) is 4.79 Å². The Balaban J connectivity index is 2.06. The predicted octanol–water partition coefficient (Wildman–Crippen LogP) is 3.48. The number of anilines is 1. The Kier molecular flexibility index (Phi) is 5.04. The molecule has 1 aliphatic rings. The second kappa shape index (κ2) is 6.41. The van der Waals surface area contributed by atoms with Gasteiger partial charge in [0.1, 0.15) is 0 Å². The van der Waals surface area contributed by atoms with E-state index in [2.05, 4.69) is 17.4 Å². The lowest BCUT2D eigenvalue weighted by molar-refractivity contribution is -0.119. The Morgan fingerprint density at radius 2 is 2.00 bits per heavy atom. The van der Waals surface area contributed by atoms with Gasteiger partial charge in [-0.05, 0) is 23.1 Å². The van der Waals surface area contributed by atoms with Crippen molar-refractivity contribution < 1.29 is 4.79 Å². The summed E-state index contributed by atoms with van der Waals surface area (Å²) in [4.78, 5) is 12.1. The molecule has 1 aliphatic heterocycles. The van der Waals surface area contributed by atoms with Crippen molar-refractivity contribution in [3.8, 4) is 0 Å². The molecule has 1 amide bonds. The highest BCUT2D eigenvalue weighted by Gasteiger charge is 2.27. The Hall–Kier alpha value is -0.650. The van der Waals surface area contributed by atoms with Crippen molar-refractivity contribution in [3.63, 3.8) is 0 Å². The van der Waals surface area contributed by atoms with Gasteiger partial charge in [0.15, 0.2) is 0 Å². The zero-order valence-electron chi connectivity index (χ0n) is 12.2. The molecule has 5 heteroatoms. The quantitative estimate of drug-likeness (QED) is 0.897. The van der Waals surface area contributed by atoms with Crippen LogP contribution in [0.25, 0.3) is 0 Å². The van der Waals surface area contributed by atoms with E-state index in [9.17, 15) is 4.79 Å². The first-order chi connectivity index (χ1) is 9.38. The second-order valence-electron chi connectivity index (χ2n) is 6.03. The van der Waals surface area contributed by atoms with Crippen molar-refractivity contribution in [1.29, 1.82) is 0 Å². The Morgan fingerprint density at radius 3 is 2.60 bits per heavy atom. The minimum atomic E-state index is -0.513. The minimum absolute atomic E-state index is 0.124. The molecule has 0 saturated carbocycles. The van der Waals surface area contributed by atoms with Gasteiger partial charge in [-0.2, -0.15) is 0 Å². The molecule has 3 nitrogen and oxygen atoms in total. The third-order valence-corrected chi connectivity index (χ3v) is 6.37. The van der Waals surface area contributed by atoms with Crippen LogP contribution in [-0.4, -0.2) is 23.5 Å². The molecular formula is C15H22N2OS2. The van der Waals surface area contributed by atoms with E-state index in [0.717, 1.165) is 5.69 Å². The van der Waals surface area contributed by atoms with Crippen molar-refractivity contribution in [3.05, 3.63) is 29.8 Å². The summed E-state index contributed by atoms with van der Waals surface area (Å²) in [5.74, 6) is 2.27. The van der Waals surface area contributed by atoms with Crippen LogP contribution in [0.15, 0.2) is 24.3 Å². The summed E-state index contributed by atoms with van der Waals surface area (Å²) in [5, 5.41) is 2.93. The molecule has 1 aromatic carbocycles. The number of benzene rings is 1. The SMILES string of the molecule is CC(C)(C)[C@H](N)C(=O)Nc1cccc(C2SCCS2)c1. The van der Waals surface area contributed by atoms with E-state index in [-0.39, 0.29) is 11.3 Å². The van der Waals surface area contributed by atoms with Crippen LogP contribution < -0.4 is 11.1 Å². The van der Waals surface area contributed by atoms with Crippen LogP contribution in [0.5, 0.6) is 0 Å². The van der Waals surface area contributed by atoms with Crippen molar-refractivity contribution in [2.45, 2.75) is 31.4 Å². The topological polar surface area (TPSA) is 55.1 Å². The summed E-state index contributed by atoms with van der Waals surface area (Å²) in [5.41, 5.74) is 7.84. The van der Waals surface area contributed by atoms with Crippen molar-refractivity contribution in [2.75, 3.05) is 16.8 Å². The molecule has 3 N–H and O–H groups in total. The van der Waals surface area contributed by atoms with Crippen LogP contribution in [0.4, 0.5) is 5.69 Å². The number of nitrogens with one attached hydrogen (secondary N) is 1. The number of carbonyl (C=O) groups is 1. The first-order valence-corrected chi connectivity index (χ1v) is 8.87. The molecule has 1 fully saturated rings. The lowest BCUT2D eigenvalue weighted by Gasteiger charge is -2.26. The van der Waals surface area contributed by atoms with Crippen molar-refractivity contribution in [1.82, 2.24) is 0 Å². The highest BCUT2D eigenvalue weighted by Crippen LogP contribution is 2.45. The van der Waals surface area contributed by atoms with Gasteiger partial charge in [-0.25, -0.2) is 0 Å². The zero-order valence-corrected chi connectivity index (χ0v) is 13.8. The van der Waals surface area contributed by atoms with E-state index in [1.165, 1.54) is 17.1 Å². The Morgan fingerprint density at radius 1 is 1.35 bits per heavy atom.